The molecular weight excluding hydrogens is 438 g/mol. The molecule has 6 heteroatoms. The summed E-state index contributed by atoms with van der Waals surface area (Å²) >= 11 is 0. The molecule has 0 aliphatic carbocycles. The van der Waals surface area contributed by atoms with Crippen LogP contribution in [-0.4, -0.2) is 41.1 Å². The summed E-state index contributed by atoms with van der Waals surface area (Å²) in [6.45, 7) is 6.22. The standard InChI is InChI=1S/C29H59N3O3/c1-3-5-7-9-11-13-15-17-19-21-25-32(31-27(29(34)35)23-24-28(30)33)26-22-20-18-16-14-12-10-8-6-4-2/h27,31H,3-26H2,1-2H3,(H2,30,33)(H,34,35). The maximum atomic E-state index is 11.7. The van der Waals surface area contributed by atoms with E-state index in [1.165, 1.54) is 116 Å². The van der Waals surface area contributed by atoms with E-state index in [1.54, 1.807) is 0 Å². The predicted octanol–water partition coefficient (Wildman–Crippen LogP) is 7.35. The molecule has 6 nitrogen and oxygen atoms in total. The average molecular weight is 498 g/mol. The summed E-state index contributed by atoms with van der Waals surface area (Å²) in [5.74, 6) is -1.36. The Balaban J connectivity index is 4.22. The molecule has 0 saturated carbocycles. The van der Waals surface area contributed by atoms with Gasteiger partial charge in [-0.3, -0.25) is 9.59 Å². The maximum absolute atomic E-state index is 11.7. The van der Waals surface area contributed by atoms with E-state index in [0.717, 1.165) is 25.9 Å². The summed E-state index contributed by atoms with van der Waals surface area (Å²) in [4.78, 5) is 22.8. The number of aliphatic carboxylic acids is 1. The van der Waals surface area contributed by atoms with Crippen LogP contribution in [0.5, 0.6) is 0 Å². The highest BCUT2D eigenvalue weighted by atomic mass is 16.4. The van der Waals surface area contributed by atoms with Crippen LogP contribution < -0.4 is 11.2 Å². The van der Waals surface area contributed by atoms with Gasteiger partial charge >= 0.3 is 5.97 Å². The average Bonchev–Trinajstić information content (AvgIpc) is 2.83. The van der Waals surface area contributed by atoms with Crippen LogP contribution in [0.1, 0.15) is 155 Å². The molecular formula is C29H59N3O3. The van der Waals surface area contributed by atoms with E-state index in [0.29, 0.717) is 0 Å². The van der Waals surface area contributed by atoms with Gasteiger partial charge in [-0.15, -0.1) is 0 Å². The van der Waals surface area contributed by atoms with Crippen molar-refractivity contribution in [3.63, 3.8) is 0 Å². The van der Waals surface area contributed by atoms with Gasteiger partial charge in [0, 0.05) is 19.5 Å². The third-order valence-corrected chi connectivity index (χ3v) is 6.88. The Kier molecular flexibility index (Phi) is 25.1. The summed E-state index contributed by atoms with van der Waals surface area (Å²) in [6, 6.07) is -0.756. The van der Waals surface area contributed by atoms with Crippen LogP contribution in [0.2, 0.25) is 0 Å². The molecule has 0 spiro atoms. The normalized spacial score (nSPS) is 12.3. The maximum Gasteiger partial charge on any atom is 0.322 e. The van der Waals surface area contributed by atoms with Crippen molar-refractivity contribution >= 4 is 11.9 Å². The molecule has 0 aromatic rings. The van der Waals surface area contributed by atoms with Gasteiger partial charge in [0.25, 0.3) is 0 Å². The van der Waals surface area contributed by atoms with E-state index in [-0.39, 0.29) is 12.8 Å². The molecule has 0 saturated heterocycles. The molecule has 1 atom stereocenters. The Hall–Kier alpha value is -1.14. The first-order chi connectivity index (χ1) is 17.0. The first-order valence-electron chi connectivity index (χ1n) is 15.0. The Morgan fingerprint density at radius 2 is 1.00 bits per heavy atom. The topological polar surface area (TPSA) is 95.7 Å². The molecule has 208 valence electrons. The second-order valence-electron chi connectivity index (χ2n) is 10.4. The van der Waals surface area contributed by atoms with Gasteiger partial charge in [-0.25, -0.2) is 10.4 Å². The van der Waals surface area contributed by atoms with Crippen molar-refractivity contribution in [3.05, 3.63) is 0 Å². The first-order valence-corrected chi connectivity index (χ1v) is 15.0. The second-order valence-corrected chi connectivity index (χ2v) is 10.4. The van der Waals surface area contributed by atoms with Crippen LogP contribution in [0.15, 0.2) is 0 Å². The van der Waals surface area contributed by atoms with Crippen molar-refractivity contribution in [1.82, 2.24) is 10.4 Å². The fourth-order valence-corrected chi connectivity index (χ4v) is 4.57. The van der Waals surface area contributed by atoms with E-state index < -0.39 is 17.9 Å². The third-order valence-electron chi connectivity index (χ3n) is 6.88. The molecule has 1 amide bonds. The number of carboxylic acid groups (broad SMARTS) is 1. The largest absolute Gasteiger partial charge is 0.480 e. The zero-order valence-electron chi connectivity index (χ0n) is 23.3. The summed E-state index contributed by atoms with van der Waals surface area (Å²) in [7, 11) is 0. The van der Waals surface area contributed by atoms with Crippen molar-refractivity contribution in [2.75, 3.05) is 13.1 Å². The van der Waals surface area contributed by atoms with E-state index in [1.807, 2.05) is 0 Å². The van der Waals surface area contributed by atoms with E-state index in [2.05, 4.69) is 24.3 Å². The van der Waals surface area contributed by atoms with Gasteiger partial charge in [0.15, 0.2) is 0 Å². The summed E-state index contributed by atoms with van der Waals surface area (Å²) < 4.78 is 0. The van der Waals surface area contributed by atoms with Gasteiger partial charge in [-0.1, -0.05) is 129 Å². The fourth-order valence-electron chi connectivity index (χ4n) is 4.57. The highest BCUT2D eigenvalue weighted by Crippen LogP contribution is 2.13. The molecule has 0 bridgehead atoms. The molecule has 0 aromatic heterocycles. The van der Waals surface area contributed by atoms with Gasteiger partial charge in [0.1, 0.15) is 6.04 Å². The quantitative estimate of drug-likeness (QED) is 0.0775. The number of unbranched alkanes of at least 4 members (excludes halogenated alkanes) is 18. The number of hydrogen-bond donors (Lipinski definition) is 3. The Bertz CT molecular complexity index is 464. The van der Waals surface area contributed by atoms with Crippen LogP contribution in [0, 0.1) is 0 Å². The molecule has 0 radical (unpaired) electrons. The minimum Gasteiger partial charge on any atom is -0.480 e. The minimum atomic E-state index is -0.914. The highest BCUT2D eigenvalue weighted by Gasteiger charge is 2.20. The molecule has 35 heavy (non-hydrogen) atoms. The molecule has 0 rings (SSSR count). The number of carboxylic acids is 1. The van der Waals surface area contributed by atoms with Crippen LogP contribution >= 0.6 is 0 Å². The number of nitrogens with one attached hydrogen (secondary N) is 1. The van der Waals surface area contributed by atoms with Crippen molar-refractivity contribution in [1.29, 1.82) is 0 Å². The molecule has 0 aromatic carbocycles. The molecule has 0 heterocycles. The first kappa shape index (κ1) is 33.9. The van der Waals surface area contributed by atoms with Gasteiger partial charge in [0.2, 0.25) is 5.91 Å². The van der Waals surface area contributed by atoms with Crippen molar-refractivity contribution in [3.8, 4) is 0 Å². The molecule has 0 aliphatic heterocycles. The second kappa shape index (κ2) is 25.9. The number of carbonyl (C=O) groups excluding carboxylic acids is 1. The summed E-state index contributed by atoms with van der Waals surface area (Å²) in [5, 5.41) is 11.7. The lowest BCUT2D eigenvalue weighted by atomic mass is 10.1. The molecule has 0 aliphatic rings. The van der Waals surface area contributed by atoms with Crippen molar-refractivity contribution in [2.45, 2.75) is 161 Å². The lowest BCUT2D eigenvalue weighted by Crippen LogP contribution is -2.49. The van der Waals surface area contributed by atoms with Gasteiger partial charge in [-0.05, 0) is 19.3 Å². The Morgan fingerprint density at radius 3 is 1.31 bits per heavy atom. The number of nitrogens with zero attached hydrogens (tertiary/aromatic N) is 1. The number of primary amides is 1. The fraction of sp³-hybridized carbons (Fsp3) is 0.931. The monoisotopic (exact) mass is 497 g/mol. The van der Waals surface area contributed by atoms with E-state index in [9.17, 15) is 14.7 Å². The Labute approximate surface area is 217 Å². The van der Waals surface area contributed by atoms with Crippen LogP contribution in [-0.2, 0) is 9.59 Å². The van der Waals surface area contributed by atoms with Crippen molar-refractivity contribution in [2.24, 2.45) is 5.73 Å². The van der Waals surface area contributed by atoms with E-state index in [4.69, 9.17) is 5.73 Å². The van der Waals surface area contributed by atoms with E-state index >= 15 is 0 Å². The SMILES string of the molecule is CCCCCCCCCCCCN(CCCCCCCCCCCC)NC(CCC(N)=O)C(=O)O. The minimum absolute atomic E-state index is 0.0916. The number of hydrazine groups is 1. The number of nitrogens with two attached hydrogens (primary N) is 1. The zero-order chi connectivity index (χ0) is 26.0. The predicted molar refractivity (Wildman–Crippen MR) is 148 cm³/mol. The third kappa shape index (κ3) is 24.3. The smallest absolute Gasteiger partial charge is 0.322 e. The number of hydrogen-bond acceptors (Lipinski definition) is 4. The van der Waals surface area contributed by atoms with Crippen LogP contribution in [0.25, 0.3) is 0 Å². The lowest BCUT2D eigenvalue weighted by Gasteiger charge is -2.27. The Morgan fingerprint density at radius 1 is 0.657 bits per heavy atom. The van der Waals surface area contributed by atoms with Gasteiger partial charge in [0.05, 0.1) is 0 Å². The summed E-state index contributed by atoms with van der Waals surface area (Å²) in [5.41, 5.74) is 8.44. The zero-order valence-corrected chi connectivity index (χ0v) is 23.3. The van der Waals surface area contributed by atoms with Gasteiger partial charge in [-0.2, -0.15) is 0 Å². The van der Waals surface area contributed by atoms with Crippen LogP contribution in [0.3, 0.4) is 0 Å². The highest BCUT2D eigenvalue weighted by molar-refractivity contribution is 5.77. The number of rotatable bonds is 28. The van der Waals surface area contributed by atoms with Gasteiger partial charge < -0.3 is 10.8 Å². The molecule has 1 unspecified atom stereocenters. The number of amides is 1. The number of carbonyl (C=O) groups is 2. The lowest BCUT2D eigenvalue weighted by molar-refractivity contribution is -0.141. The molecule has 0 fully saturated rings. The molecule has 4 N–H and O–H groups in total. The van der Waals surface area contributed by atoms with Crippen molar-refractivity contribution < 1.29 is 14.7 Å². The summed E-state index contributed by atoms with van der Waals surface area (Å²) in [6.07, 6.45) is 26.1. The van der Waals surface area contributed by atoms with Crippen LogP contribution in [0.4, 0.5) is 0 Å².